The first-order valence-electron chi connectivity index (χ1n) is 14.5. The lowest BCUT2D eigenvalue weighted by atomic mass is 10.1. The fraction of sp³-hybridized carbons (Fsp3) is 0.500. The predicted octanol–water partition coefficient (Wildman–Crippen LogP) is 7.32. The third-order valence-corrected chi connectivity index (χ3v) is 8.38. The van der Waals surface area contributed by atoms with Crippen molar-refractivity contribution in [3.63, 3.8) is 0 Å². The van der Waals surface area contributed by atoms with Crippen molar-refractivity contribution in [3.05, 3.63) is 59.2 Å². The Kier molecular flexibility index (Phi) is 8.54. The van der Waals surface area contributed by atoms with Crippen LogP contribution < -0.4 is 4.74 Å². The SMILES string of the molecule is CCCc1cnc(-c2cc3sccc3n2C)n1CCCc1ccc(OCC2CCN(C(=O)OC(C)(C)C)C2)cc1. The third-order valence-electron chi connectivity index (χ3n) is 7.53. The number of aryl methyl sites for hydroxylation is 3. The topological polar surface area (TPSA) is 61.5 Å². The normalized spacial score (nSPS) is 15.7. The van der Waals surface area contributed by atoms with Gasteiger partial charge in [0.2, 0.25) is 0 Å². The van der Waals surface area contributed by atoms with Crippen molar-refractivity contribution in [2.45, 2.75) is 71.9 Å². The zero-order chi connectivity index (χ0) is 28.3. The zero-order valence-electron chi connectivity index (χ0n) is 24.5. The zero-order valence-corrected chi connectivity index (χ0v) is 25.3. The van der Waals surface area contributed by atoms with Gasteiger partial charge in [0, 0.05) is 44.5 Å². The largest absolute Gasteiger partial charge is 0.493 e. The van der Waals surface area contributed by atoms with E-state index in [1.54, 1.807) is 16.2 Å². The molecule has 5 rings (SSSR count). The van der Waals surface area contributed by atoms with Gasteiger partial charge in [0.1, 0.15) is 11.4 Å². The van der Waals surface area contributed by atoms with Crippen LogP contribution in [0.4, 0.5) is 4.79 Å². The van der Waals surface area contributed by atoms with Crippen molar-refractivity contribution < 1.29 is 14.3 Å². The van der Waals surface area contributed by atoms with Gasteiger partial charge in [-0.3, -0.25) is 0 Å². The van der Waals surface area contributed by atoms with Gasteiger partial charge in [-0.15, -0.1) is 11.3 Å². The molecule has 1 aliphatic rings. The lowest BCUT2D eigenvalue weighted by Gasteiger charge is -2.24. The van der Waals surface area contributed by atoms with Crippen LogP contribution in [0.5, 0.6) is 5.75 Å². The summed E-state index contributed by atoms with van der Waals surface area (Å²) in [6, 6.07) is 12.9. The Balaban J connectivity index is 1.14. The highest BCUT2D eigenvalue weighted by Crippen LogP contribution is 2.31. The molecule has 1 aliphatic heterocycles. The van der Waals surface area contributed by atoms with Gasteiger partial charge in [0.15, 0.2) is 5.82 Å². The summed E-state index contributed by atoms with van der Waals surface area (Å²) in [5.41, 5.74) is 4.60. The molecule has 4 aromatic rings. The molecule has 0 saturated carbocycles. The van der Waals surface area contributed by atoms with Gasteiger partial charge in [0.05, 0.1) is 22.5 Å². The number of amides is 1. The number of nitrogens with zero attached hydrogens (tertiary/aromatic N) is 4. The van der Waals surface area contributed by atoms with E-state index >= 15 is 0 Å². The lowest BCUT2D eigenvalue weighted by Crippen LogP contribution is -2.35. The minimum absolute atomic E-state index is 0.229. The number of fused-ring (bicyclic) bond motifs is 1. The molecule has 7 nitrogen and oxygen atoms in total. The molecule has 40 heavy (non-hydrogen) atoms. The minimum atomic E-state index is -0.467. The number of thiophene rings is 1. The van der Waals surface area contributed by atoms with Crippen molar-refractivity contribution in [2.24, 2.45) is 13.0 Å². The quantitative estimate of drug-likeness (QED) is 0.203. The number of benzene rings is 1. The number of rotatable bonds is 10. The molecule has 0 aliphatic carbocycles. The van der Waals surface area contributed by atoms with Crippen LogP contribution in [-0.2, 0) is 31.2 Å². The van der Waals surface area contributed by atoms with Gasteiger partial charge in [-0.2, -0.15) is 0 Å². The summed E-state index contributed by atoms with van der Waals surface area (Å²) in [6.07, 6.45) is 6.95. The molecular formula is C32H42N4O3S. The number of hydrogen-bond acceptors (Lipinski definition) is 5. The highest BCUT2D eigenvalue weighted by atomic mass is 32.1. The smallest absolute Gasteiger partial charge is 0.410 e. The predicted molar refractivity (Wildman–Crippen MR) is 162 cm³/mol. The first-order chi connectivity index (χ1) is 19.2. The molecule has 1 unspecified atom stereocenters. The average molecular weight is 563 g/mol. The summed E-state index contributed by atoms with van der Waals surface area (Å²) in [6.45, 7) is 10.9. The monoisotopic (exact) mass is 562 g/mol. The van der Waals surface area contributed by atoms with Crippen LogP contribution in [0.25, 0.3) is 21.7 Å². The summed E-state index contributed by atoms with van der Waals surface area (Å²) >= 11 is 1.78. The Morgan fingerprint density at radius 2 is 1.95 bits per heavy atom. The number of imidazole rings is 1. The van der Waals surface area contributed by atoms with E-state index in [1.807, 2.05) is 20.8 Å². The van der Waals surface area contributed by atoms with E-state index in [-0.39, 0.29) is 6.09 Å². The molecule has 3 aromatic heterocycles. The molecule has 0 N–H and O–H groups in total. The van der Waals surface area contributed by atoms with Gasteiger partial charge in [-0.1, -0.05) is 25.5 Å². The summed E-state index contributed by atoms with van der Waals surface area (Å²) < 4.78 is 17.6. The van der Waals surface area contributed by atoms with Crippen LogP contribution in [0.2, 0.25) is 0 Å². The minimum Gasteiger partial charge on any atom is -0.493 e. The molecule has 0 bridgehead atoms. The van der Waals surface area contributed by atoms with E-state index in [0.29, 0.717) is 19.1 Å². The third kappa shape index (κ3) is 6.54. The highest BCUT2D eigenvalue weighted by molar-refractivity contribution is 7.17. The van der Waals surface area contributed by atoms with E-state index in [1.165, 1.54) is 27.2 Å². The Morgan fingerprint density at radius 3 is 2.67 bits per heavy atom. The number of hydrogen-bond donors (Lipinski definition) is 0. The molecular weight excluding hydrogens is 520 g/mol. The molecule has 1 amide bonds. The number of ether oxygens (including phenoxy) is 2. The Bertz CT molecular complexity index is 1430. The molecule has 1 saturated heterocycles. The van der Waals surface area contributed by atoms with Gasteiger partial charge < -0.3 is 23.5 Å². The molecule has 214 valence electrons. The molecule has 1 atom stereocenters. The second-order valence-corrected chi connectivity index (χ2v) is 12.8. The van der Waals surface area contributed by atoms with Crippen molar-refractivity contribution in [3.8, 4) is 17.3 Å². The van der Waals surface area contributed by atoms with Gasteiger partial charge in [-0.05, 0) is 81.7 Å². The highest BCUT2D eigenvalue weighted by Gasteiger charge is 2.30. The molecule has 8 heteroatoms. The maximum atomic E-state index is 12.3. The lowest BCUT2D eigenvalue weighted by molar-refractivity contribution is 0.0285. The molecule has 4 heterocycles. The average Bonchev–Trinajstić information content (AvgIpc) is 3.69. The van der Waals surface area contributed by atoms with Gasteiger partial charge in [-0.25, -0.2) is 9.78 Å². The van der Waals surface area contributed by atoms with E-state index < -0.39 is 5.60 Å². The summed E-state index contributed by atoms with van der Waals surface area (Å²) in [4.78, 5) is 19.0. The van der Waals surface area contributed by atoms with Crippen LogP contribution in [0, 0.1) is 5.92 Å². The van der Waals surface area contributed by atoms with E-state index in [0.717, 1.165) is 56.8 Å². The second-order valence-electron chi connectivity index (χ2n) is 11.9. The number of carbonyl (C=O) groups excluding carboxylic acids is 1. The molecule has 0 radical (unpaired) electrons. The molecule has 0 spiro atoms. The van der Waals surface area contributed by atoms with E-state index in [4.69, 9.17) is 14.5 Å². The van der Waals surface area contributed by atoms with Crippen LogP contribution in [0.1, 0.15) is 58.2 Å². The number of likely N-dealkylation sites (tertiary alicyclic amines) is 1. The van der Waals surface area contributed by atoms with Crippen LogP contribution >= 0.6 is 11.3 Å². The summed E-state index contributed by atoms with van der Waals surface area (Å²) in [7, 11) is 2.14. The van der Waals surface area contributed by atoms with Crippen LogP contribution in [0.15, 0.2) is 48.0 Å². The Morgan fingerprint density at radius 1 is 1.15 bits per heavy atom. The fourth-order valence-electron chi connectivity index (χ4n) is 5.45. The standard InChI is InChI=1S/C32H42N4O3S/c1-6-8-25-20-33-30(28-19-29-27(34(28)5)15-18-40-29)36(25)16-7-9-23-10-12-26(13-11-23)38-22-24-14-17-35(21-24)31(37)39-32(2,3)4/h10-13,15,18-20,24H,6-9,14,16-17,21-22H2,1-5H3. The fourth-order valence-corrected chi connectivity index (χ4v) is 6.30. The second kappa shape index (κ2) is 12.1. The Hall–Kier alpha value is -3.26. The first-order valence-corrected chi connectivity index (χ1v) is 15.4. The maximum Gasteiger partial charge on any atom is 0.410 e. The van der Waals surface area contributed by atoms with Crippen molar-refractivity contribution in [1.82, 2.24) is 19.0 Å². The maximum absolute atomic E-state index is 12.3. The summed E-state index contributed by atoms with van der Waals surface area (Å²) in [5, 5.41) is 2.15. The van der Waals surface area contributed by atoms with Crippen molar-refractivity contribution in [2.75, 3.05) is 19.7 Å². The van der Waals surface area contributed by atoms with Crippen LogP contribution in [0.3, 0.4) is 0 Å². The summed E-state index contributed by atoms with van der Waals surface area (Å²) in [5.74, 6) is 2.27. The van der Waals surface area contributed by atoms with Crippen molar-refractivity contribution in [1.29, 1.82) is 0 Å². The van der Waals surface area contributed by atoms with Crippen molar-refractivity contribution >= 4 is 27.6 Å². The molecule has 1 fully saturated rings. The van der Waals surface area contributed by atoms with E-state index in [2.05, 4.69) is 71.1 Å². The molecule has 1 aromatic carbocycles. The number of aromatic nitrogens is 3. The number of carbonyl (C=O) groups is 1. The van der Waals surface area contributed by atoms with Crippen LogP contribution in [-0.4, -0.2) is 50.4 Å². The van der Waals surface area contributed by atoms with E-state index in [9.17, 15) is 4.79 Å². The van der Waals surface area contributed by atoms with Gasteiger partial charge >= 0.3 is 6.09 Å². The first kappa shape index (κ1) is 28.3. The Labute approximate surface area is 241 Å². The van der Waals surface area contributed by atoms with Gasteiger partial charge in [0.25, 0.3) is 0 Å².